The van der Waals surface area contributed by atoms with Crippen molar-refractivity contribution in [3.63, 3.8) is 0 Å². The predicted molar refractivity (Wildman–Crippen MR) is 59.4 cm³/mol. The Labute approximate surface area is 86.6 Å². The maximum atomic E-state index is 9.66. The minimum Gasteiger partial charge on any atom is -0.389 e. The van der Waals surface area contributed by atoms with Crippen LogP contribution in [0.2, 0.25) is 0 Å². The zero-order valence-corrected chi connectivity index (χ0v) is 9.83. The van der Waals surface area contributed by atoms with Gasteiger partial charge in [-0.15, -0.1) is 0 Å². The highest BCUT2D eigenvalue weighted by molar-refractivity contribution is 5.19. The Balaban J connectivity index is 2.79. The molecule has 1 aromatic heterocycles. The fraction of sp³-hybridized carbons (Fsp3) is 0.667. The van der Waals surface area contributed by atoms with Crippen molar-refractivity contribution in [2.45, 2.75) is 52.2 Å². The van der Waals surface area contributed by atoms with E-state index in [9.17, 15) is 5.11 Å². The quantitative estimate of drug-likeness (QED) is 0.771. The summed E-state index contributed by atoms with van der Waals surface area (Å²) in [6.07, 6.45) is 4.14. The topological polar surface area (TPSA) is 25.2 Å². The van der Waals surface area contributed by atoms with Gasteiger partial charge in [0.25, 0.3) is 0 Å². The van der Waals surface area contributed by atoms with Gasteiger partial charge in [0.1, 0.15) is 0 Å². The first-order valence-electron chi connectivity index (χ1n) is 5.07. The van der Waals surface area contributed by atoms with Crippen LogP contribution in [0.4, 0.5) is 0 Å². The molecule has 1 rings (SSSR count). The number of hydrogen-bond acceptors (Lipinski definition) is 1. The molecule has 0 bridgehead atoms. The average Bonchev–Trinajstić information content (AvgIpc) is 2.29. The van der Waals surface area contributed by atoms with Crippen LogP contribution in [0.15, 0.2) is 18.5 Å². The molecule has 0 aliphatic heterocycles. The molecular weight excluding hydrogens is 174 g/mol. The number of aliphatic hydroxyl groups is 1. The second-order valence-electron chi connectivity index (χ2n) is 5.63. The van der Waals surface area contributed by atoms with Gasteiger partial charge in [0.15, 0.2) is 0 Å². The molecular formula is C12H21NO. The van der Waals surface area contributed by atoms with Gasteiger partial charge in [-0.2, -0.15) is 0 Å². The summed E-state index contributed by atoms with van der Waals surface area (Å²) in [7, 11) is 0. The van der Waals surface area contributed by atoms with Crippen LogP contribution < -0.4 is 0 Å². The Morgan fingerprint density at radius 1 is 1.21 bits per heavy atom. The van der Waals surface area contributed by atoms with Crippen molar-refractivity contribution in [3.8, 4) is 0 Å². The SMILES string of the molecule is CC(C)(O)Cn1ccc(C(C)(C)C)c1. The van der Waals surface area contributed by atoms with E-state index in [2.05, 4.69) is 33.0 Å². The number of aromatic nitrogens is 1. The Hall–Kier alpha value is -0.760. The second kappa shape index (κ2) is 3.43. The van der Waals surface area contributed by atoms with Crippen LogP contribution in [0.25, 0.3) is 0 Å². The Bertz CT molecular complexity index is 299. The van der Waals surface area contributed by atoms with E-state index in [0.717, 1.165) is 0 Å². The molecule has 1 N–H and O–H groups in total. The molecule has 0 spiro atoms. The molecule has 0 atom stereocenters. The van der Waals surface area contributed by atoms with Crippen molar-refractivity contribution < 1.29 is 5.11 Å². The summed E-state index contributed by atoms with van der Waals surface area (Å²) in [6, 6.07) is 2.12. The van der Waals surface area contributed by atoms with Gasteiger partial charge < -0.3 is 9.67 Å². The van der Waals surface area contributed by atoms with E-state index >= 15 is 0 Å². The van der Waals surface area contributed by atoms with E-state index in [4.69, 9.17) is 0 Å². The zero-order valence-electron chi connectivity index (χ0n) is 9.83. The first-order chi connectivity index (χ1) is 6.18. The Morgan fingerprint density at radius 2 is 1.79 bits per heavy atom. The van der Waals surface area contributed by atoms with E-state index in [0.29, 0.717) is 6.54 Å². The average molecular weight is 195 g/mol. The van der Waals surface area contributed by atoms with Gasteiger partial charge in [-0.25, -0.2) is 0 Å². The van der Waals surface area contributed by atoms with Gasteiger partial charge in [0.2, 0.25) is 0 Å². The number of nitrogens with zero attached hydrogens (tertiary/aromatic N) is 1. The maximum Gasteiger partial charge on any atom is 0.0769 e. The molecule has 1 heterocycles. The van der Waals surface area contributed by atoms with Gasteiger partial charge in [0.05, 0.1) is 12.1 Å². The molecule has 0 aliphatic rings. The lowest BCUT2D eigenvalue weighted by Gasteiger charge is -2.19. The van der Waals surface area contributed by atoms with Crippen molar-refractivity contribution >= 4 is 0 Å². The maximum absolute atomic E-state index is 9.66. The molecule has 2 heteroatoms. The van der Waals surface area contributed by atoms with Crippen molar-refractivity contribution in [2.75, 3.05) is 0 Å². The monoisotopic (exact) mass is 195 g/mol. The third kappa shape index (κ3) is 3.18. The largest absolute Gasteiger partial charge is 0.389 e. The Morgan fingerprint density at radius 3 is 2.14 bits per heavy atom. The predicted octanol–water partition coefficient (Wildman–Crippen LogP) is 2.56. The van der Waals surface area contributed by atoms with Crippen LogP contribution in [0.5, 0.6) is 0 Å². The molecule has 2 nitrogen and oxygen atoms in total. The van der Waals surface area contributed by atoms with Crippen LogP contribution >= 0.6 is 0 Å². The molecule has 1 aromatic rings. The highest BCUT2D eigenvalue weighted by atomic mass is 16.3. The molecule has 0 saturated carbocycles. The van der Waals surface area contributed by atoms with E-state index in [1.807, 2.05) is 24.6 Å². The molecule has 0 aliphatic carbocycles. The molecule has 0 radical (unpaired) electrons. The Kier molecular flexibility index (Phi) is 2.77. The molecule has 0 fully saturated rings. The molecule has 0 unspecified atom stereocenters. The van der Waals surface area contributed by atoms with E-state index in [-0.39, 0.29) is 5.41 Å². The van der Waals surface area contributed by atoms with Gasteiger partial charge in [-0.05, 0) is 30.9 Å². The summed E-state index contributed by atoms with van der Waals surface area (Å²) < 4.78 is 2.04. The van der Waals surface area contributed by atoms with E-state index in [1.54, 1.807) is 0 Å². The van der Waals surface area contributed by atoms with Crippen LogP contribution in [0.1, 0.15) is 40.2 Å². The normalized spacial score (nSPS) is 13.3. The minimum absolute atomic E-state index is 0.185. The van der Waals surface area contributed by atoms with Crippen molar-refractivity contribution in [3.05, 3.63) is 24.0 Å². The summed E-state index contributed by atoms with van der Waals surface area (Å²) >= 11 is 0. The van der Waals surface area contributed by atoms with E-state index in [1.165, 1.54) is 5.56 Å². The van der Waals surface area contributed by atoms with Crippen LogP contribution in [-0.4, -0.2) is 15.3 Å². The third-order valence-corrected chi connectivity index (χ3v) is 2.19. The lowest BCUT2D eigenvalue weighted by Crippen LogP contribution is -2.25. The highest BCUT2D eigenvalue weighted by Gasteiger charge is 2.17. The lowest BCUT2D eigenvalue weighted by molar-refractivity contribution is 0.0616. The number of hydrogen-bond donors (Lipinski definition) is 1. The first-order valence-corrected chi connectivity index (χ1v) is 5.07. The van der Waals surface area contributed by atoms with Crippen LogP contribution in [0.3, 0.4) is 0 Å². The van der Waals surface area contributed by atoms with Crippen molar-refractivity contribution in [2.24, 2.45) is 0 Å². The highest BCUT2D eigenvalue weighted by Crippen LogP contribution is 2.22. The van der Waals surface area contributed by atoms with E-state index < -0.39 is 5.60 Å². The van der Waals surface area contributed by atoms with Crippen molar-refractivity contribution in [1.29, 1.82) is 0 Å². The minimum atomic E-state index is -0.645. The van der Waals surface area contributed by atoms with Gasteiger partial charge in [-0.1, -0.05) is 20.8 Å². The zero-order chi connectivity index (χ0) is 11.0. The van der Waals surface area contributed by atoms with Gasteiger partial charge in [0, 0.05) is 12.4 Å². The summed E-state index contributed by atoms with van der Waals surface area (Å²) in [5.41, 5.74) is 0.848. The summed E-state index contributed by atoms with van der Waals surface area (Å²) in [4.78, 5) is 0. The van der Waals surface area contributed by atoms with Crippen molar-refractivity contribution in [1.82, 2.24) is 4.57 Å². The molecule has 80 valence electrons. The van der Waals surface area contributed by atoms with Gasteiger partial charge in [-0.3, -0.25) is 0 Å². The fourth-order valence-electron chi connectivity index (χ4n) is 1.43. The smallest absolute Gasteiger partial charge is 0.0769 e. The van der Waals surface area contributed by atoms with Crippen LogP contribution in [0, 0.1) is 0 Å². The third-order valence-electron chi connectivity index (χ3n) is 2.19. The lowest BCUT2D eigenvalue weighted by atomic mass is 9.89. The van der Waals surface area contributed by atoms with Crippen LogP contribution in [-0.2, 0) is 12.0 Å². The first kappa shape index (κ1) is 11.3. The second-order valence-corrected chi connectivity index (χ2v) is 5.63. The standard InChI is InChI=1S/C12H21NO/c1-11(2,3)10-6-7-13(8-10)9-12(4,5)14/h6-8,14H,9H2,1-5H3. The molecule has 0 aromatic carbocycles. The summed E-state index contributed by atoms with van der Waals surface area (Å²) in [6.45, 7) is 10.9. The molecule has 0 amide bonds. The number of rotatable bonds is 2. The summed E-state index contributed by atoms with van der Waals surface area (Å²) in [5, 5.41) is 9.66. The molecule has 14 heavy (non-hydrogen) atoms. The summed E-state index contributed by atoms with van der Waals surface area (Å²) in [5.74, 6) is 0. The van der Waals surface area contributed by atoms with Gasteiger partial charge >= 0.3 is 0 Å². The fourth-order valence-corrected chi connectivity index (χ4v) is 1.43. The molecule has 0 saturated heterocycles.